The molecule has 0 radical (unpaired) electrons. The van der Waals surface area contributed by atoms with E-state index in [1.54, 1.807) is 37.7 Å². The molecule has 0 fully saturated rings. The van der Waals surface area contributed by atoms with Crippen LogP contribution in [-0.4, -0.2) is 15.6 Å². The Morgan fingerprint density at radius 1 is 1.42 bits per heavy atom. The zero-order chi connectivity index (χ0) is 14.2. The Labute approximate surface area is 116 Å². The summed E-state index contributed by atoms with van der Waals surface area (Å²) < 4.78 is 15.4. The van der Waals surface area contributed by atoms with Gasteiger partial charge < -0.3 is 0 Å². The zero-order valence-corrected chi connectivity index (χ0v) is 11.8. The summed E-state index contributed by atoms with van der Waals surface area (Å²) in [6, 6.07) is 4.79. The summed E-state index contributed by atoms with van der Waals surface area (Å²) in [5.74, 6) is -0.770. The van der Waals surface area contributed by atoms with Crippen LogP contribution in [-0.2, 0) is 13.5 Å². The van der Waals surface area contributed by atoms with E-state index in [1.807, 2.05) is 0 Å². The summed E-state index contributed by atoms with van der Waals surface area (Å²) in [5.41, 5.74) is 1.81. The maximum atomic E-state index is 13.9. The fraction of sp³-hybridized carbons (Fsp3) is 0.286. The van der Waals surface area contributed by atoms with Crippen LogP contribution >= 0.6 is 11.6 Å². The predicted molar refractivity (Wildman–Crippen MR) is 72.1 cm³/mol. The number of aryl methyl sites for hydroxylation is 3. The van der Waals surface area contributed by atoms with Crippen molar-refractivity contribution in [3.63, 3.8) is 0 Å². The van der Waals surface area contributed by atoms with Gasteiger partial charge >= 0.3 is 0 Å². The Bertz CT molecular complexity index is 649. The molecule has 0 aliphatic carbocycles. The Kier molecular flexibility index (Phi) is 3.71. The lowest BCUT2D eigenvalue weighted by molar-refractivity contribution is 0.0986. The number of carbonyl (C=O) groups excluding carboxylic acids is 1. The van der Waals surface area contributed by atoms with Gasteiger partial charge in [0.15, 0.2) is 5.78 Å². The van der Waals surface area contributed by atoms with E-state index in [4.69, 9.17) is 11.6 Å². The number of carbonyl (C=O) groups is 1. The topological polar surface area (TPSA) is 34.9 Å². The minimum Gasteiger partial charge on any atom is -0.294 e. The lowest BCUT2D eigenvalue weighted by Gasteiger charge is -2.05. The van der Waals surface area contributed by atoms with Crippen molar-refractivity contribution in [2.24, 2.45) is 7.05 Å². The minimum absolute atomic E-state index is 0.0382. The molecule has 5 heteroatoms. The number of hydrogen-bond donors (Lipinski definition) is 0. The van der Waals surface area contributed by atoms with Crippen LogP contribution < -0.4 is 0 Å². The summed E-state index contributed by atoms with van der Waals surface area (Å²) in [5, 5.41) is 4.60. The van der Waals surface area contributed by atoms with Crippen LogP contribution in [0.5, 0.6) is 0 Å². The fourth-order valence-electron chi connectivity index (χ4n) is 1.98. The molecule has 1 aromatic carbocycles. The summed E-state index contributed by atoms with van der Waals surface area (Å²) in [4.78, 5) is 12.2. The van der Waals surface area contributed by atoms with Crippen LogP contribution in [0.4, 0.5) is 4.39 Å². The number of benzene rings is 1. The van der Waals surface area contributed by atoms with Crippen LogP contribution in [0.3, 0.4) is 0 Å². The molecule has 0 saturated heterocycles. The molecular formula is C14H14ClFN2O. The molecule has 3 nitrogen and oxygen atoms in total. The number of halogens is 2. The molecule has 0 spiro atoms. The number of Topliss-reactive ketones (excluding diaryl/α,β-unsaturated/α-hetero) is 1. The van der Waals surface area contributed by atoms with Gasteiger partial charge in [-0.2, -0.15) is 5.10 Å². The van der Waals surface area contributed by atoms with Gasteiger partial charge in [-0.1, -0.05) is 23.7 Å². The van der Waals surface area contributed by atoms with Gasteiger partial charge in [-0.25, -0.2) is 4.39 Å². The van der Waals surface area contributed by atoms with E-state index >= 15 is 0 Å². The van der Waals surface area contributed by atoms with Crippen molar-refractivity contribution in [1.29, 1.82) is 0 Å². The molecule has 2 aromatic rings. The molecule has 0 N–H and O–H groups in total. The highest BCUT2D eigenvalue weighted by atomic mass is 35.5. The molecule has 2 rings (SSSR count). The van der Waals surface area contributed by atoms with Crippen LogP contribution in [0, 0.1) is 19.7 Å². The van der Waals surface area contributed by atoms with E-state index < -0.39 is 5.82 Å². The smallest absolute Gasteiger partial charge is 0.171 e. The van der Waals surface area contributed by atoms with Gasteiger partial charge in [0.25, 0.3) is 0 Å². The third-order valence-corrected chi connectivity index (χ3v) is 3.57. The summed E-state index contributed by atoms with van der Waals surface area (Å²) in [6.07, 6.45) is 0.0382. The van der Waals surface area contributed by atoms with Crippen molar-refractivity contribution in [3.05, 3.63) is 51.6 Å². The summed E-state index contributed by atoms with van der Waals surface area (Å²) in [7, 11) is 1.72. The molecule has 0 aliphatic heterocycles. The second-order valence-corrected chi connectivity index (χ2v) is 4.88. The highest BCUT2D eigenvalue weighted by Crippen LogP contribution is 2.22. The average Bonchev–Trinajstić information content (AvgIpc) is 2.59. The van der Waals surface area contributed by atoms with E-state index in [2.05, 4.69) is 5.10 Å². The first kappa shape index (κ1) is 13.7. The third-order valence-electron chi connectivity index (χ3n) is 3.08. The number of ketones is 1. The standard InChI is InChI=1S/C14H14ClFN2O/c1-8-5-4-6-10(14(8)16)12(19)7-11-13(15)9(2)17-18(11)3/h4-6H,7H2,1-3H3. The van der Waals surface area contributed by atoms with Crippen molar-refractivity contribution in [3.8, 4) is 0 Å². The predicted octanol–water partition coefficient (Wildman–Crippen LogP) is 3.25. The fourth-order valence-corrected chi connectivity index (χ4v) is 2.21. The van der Waals surface area contributed by atoms with E-state index in [9.17, 15) is 9.18 Å². The number of hydrogen-bond acceptors (Lipinski definition) is 2. The Balaban J connectivity index is 2.34. The Morgan fingerprint density at radius 2 is 2.11 bits per heavy atom. The van der Waals surface area contributed by atoms with Gasteiger partial charge in [0.05, 0.1) is 28.4 Å². The SMILES string of the molecule is Cc1cccc(C(=O)Cc2c(Cl)c(C)nn2C)c1F. The molecular weight excluding hydrogens is 267 g/mol. The van der Waals surface area contributed by atoms with Crippen LogP contribution in [0.15, 0.2) is 18.2 Å². The quantitative estimate of drug-likeness (QED) is 0.809. The van der Waals surface area contributed by atoms with Crippen molar-refractivity contribution in [2.45, 2.75) is 20.3 Å². The van der Waals surface area contributed by atoms with Gasteiger partial charge in [-0.3, -0.25) is 9.48 Å². The molecule has 1 heterocycles. The molecule has 0 amide bonds. The van der Waals surface area contributed by atoms with E-state index in [0.29, 0.717) is 22.0 Å². The molecule has 19 heavy (non-hydrogen) atoms. The van der Waals surface area contributed by atoms with E-state index in [1.165, 1.54) is 6.07 Å². The average molecular weight is 281 g/mol. The molecule has 0 aliphatic rings. The lowest BCUT2D eigenvalue weighted by atomic mass is 10.0. The molecule has 0 saturated carbocycles. The van der Waals surface area contributed by atoms with Crippen molar-refractivity contribution >= 4 is 17.4 Å². The van der Waals surface area contributed by atoms with Crippen LogP contribution in [0.2, 0.25) is 5.02 Å². The van der Waals surface area contributed by atoms with Gasteiger partial charge in [0.2, 0.25) is 0 Å². The van der Waals surface area contributed by atoms with Crippen LogP contribution in [0.25, 0.3) is 0 Å². The Morgan fingerprint density at radius 3 is 2.68 bits per heavy atom. The van der Waals surface area contributed by atoms with Gasteiger partial charge in [0, 0.05) is 7.05 Å². The first-order valence-electron chi connectivity index (χ1n) is 5.88. The van der Waals surface area contributed by atoms with Crippen molar-refractivity contribution in [1.82, 2.24) is 9.78 Å². The van der Waals surface area contributed by atoms with Gasteiger partial charge in [-0.15, -0.1) is 0 Å². The Hall–Kier alpha value is -1.68. The lowest BCUT2D eigenvalue weighted by Crippen LogP contribution is -2.10. The molecule has 0 atom stereocenters. The number of nitrogens with zero attached hydrogens (tertiary/aromatic N) is 2. The van der Waals surface area contributed by atoms with E-state index in [0.717, 1.165) is 0 Å². The second kappa shape index (κ2) is 5.13. The minimum atomic E-state index is -0.470. The first-order chi connectivity index (χ1) is 8.91. The van der Waals surface area contributed by atoms with Crippen molar-refractivity contribution in [2.75, 3.05) is 0 Å². The van der Waals surface area contributed by atoms with Crippen LogP contribution in [0.1, 0.15) is 27.3 Å². The largest absolute Gasteiger partial charge is 0.294 e. The molecule has 0 unspecified atom stereocenters. The van der Waals surface area contributed by atoms with Gasteiger partial charge in [-0.05, 0) is 25.5 Å². The maximum Gasteiger partial charge on any atom is 0.171 e. The summed E-state index contributed by atoms with van der Waals surface area (Å²) >= 11 is 6.09. The molecule has 1 aromatic heterocycles. The van der Waals surface area contributed by atoms with E-state index in [-0.39, 0.29) is 17.8 Å². The second-order valence-electron chi connectivity index (χ2n) is 4.51. The normalized spacial score (nSPS) is 10.8. The number of rotatable bonds is 3. The third kappa shape index (κ3) is 2.54. The summed E-state index contributed by atoms with van der Waals surface area (Å²) in [6.45, 7) is 3.40. The molecule has 0 bridgehead atoms. The van der Waals surface area contributed by atoms with Gasteiger partial charge in [0.1, 0.15) is 5.82 Å². The highest BCUT2D eigenvalue weighted by Gasteiger charge is 2.18. The highest BCUT2D eigenvalue weighted by molar-refractivity contribution is 6.32. The number of aromatic nitrogens is 2. The van der Waals surface area contributed by atoms with Crippen molar-refractivity contribution < 1.29 is 9.18 Å². The monoisotopic (exact) mass is 280 g/mol. The first-order valence-corrected chi connectivity index (χ1v) is 6.26. The zero-order valence-electron chi connectivity index (χ0n) is 11.0. The molecule has 100 valence electrons. The maximum absolute atomic E-state index is 13.9.